The van der Waals surface area contributed by atoms with E-state index in [0.717, 1.165) is 22.5 Å². The number of rotatable bonds is 3. The van der Waals surface area contributed by atoms with Crippen LogP contribution in [-0.2, 0) is 17.8 Å². The molecule has 5 nitrogen and oxygen atoms in total. The molecule has 0 saturated carbocycles. The molecule has 1 aromatic carbocycles. The van der Waals surface area contributed by atoms with Gasteiger partial charge in [-0.15, -0.1) is 0 Å². The van der Waals surface area contributed by atoms with E-state index in [-0.39, 0.29) is 5.91 Å². The Morgan fingerprint density at radius 3 is 2.89 bits per heavy atom. The van der Waals surface area contributed by atoms with Gasteiger partial charge in [0.25, 0.3) is 0 Å². The summed E-state index contributed by atoms with van der Waals surface area (Å²) < 4.78 is 0. The topological polar surface area (TPSA) is 80.0 Å². The number of nitrogens with zero attached hydrogens (tertiary/aromatic N) is 1. The predicted octanol–water partition coefficient (Wildman–Crippen LogP) is 1.77. The molecule has 19 heavy (non-hydrogen) atoms. The Labute approximate surface area is 110 Å². The molecule has 2 aromatic rings. The van der Waals surface area contributed by atoms with Crippen LogP contribution in [-0.4, -0.2) is 10.9 Å². The first kappa shape index (κ1) is 11.5. The number of hydrogen-bond acceptors (Lipinski definition) is 4. The molecule has 1 amide bonds. The van der Waals surface area contributed by atoms with Crippen LogP contribution in [0.15, 0.2) is 36.7 Å². The fraction of sp³-hybridized carbons (Fsp3) is 0.143. The molecule has 0 saturated heterocycles. The van der Waals surface area contributed by atoms with E-state index in [4.69, 9.17) is 5.73 Å². The molecule has 0 aliphatic carbocycles. The summed E-state index contributed by atoms with van der Waals surface area (Å²) in [5.41, 5.74) is 10.4. The molecular weight excluding hydrogens is 240 g/mol. The Kier molecular flexibility index (Phi) is 2.79. The fourth-order valence-electron chi connectivity index (χ4n) is 2.14. The first-order valence-electron chi connectivity index (χ1n) is 6.07. The number of benzene rings is 1. The average Bonchev–Trinajstić information content (AvgIpc) is 2.76. The summed E-state index contributed by atoms with van der Waals surface area (Å²) >= 11 is 0. The zero-order chi connectivity index (χ0) is 13.2. The van der Waals surface area contributed by atoms with E-state index in [1.54, 1.807) is 12.4 Å². The molecule has 1 aliphatic rings. The largest absolute Gasteiger partial charge is 0.397 e. The van der Waals surface area contributed by atoms with Crippen molar-refractivity contribution in [2.45, 2.75) is 13.0 Å². The van der Waals surface area contributed by atoms with Crippen molar-refractivity contribution < 1.29 is 4.79 Å². The zero-order valence-corrected chi connectivity index (χ0v) is 10.3. The van der Waals surface area contributed by atoms with Gasteiger partial charge in [0.1, 0.15) is 0 Å². The molecule has 0 radical (unpaired) electrons. The van der Waals surface area contributed by atoms with Crippen LogP contribution in [0.25, 0.3) is 0 Å². The number of fused-ring (bicyclic) bond motifs is 1. The van der Waals surface area contributed by atoms with Gasteiger partial charge < -0.3 is 16.4 Å². The first-order valence-corrected chi connectivity index (χ1v) is 6.07. The highest BCUT2D eigenvalue weighted by Crippen LogP contribution is 2.31. The van der Waals surface area contributed by atoms with Crippen LogP contribution >= 0.6 is 0 Å². The van der Waals surface area contributed by atoms with Crippen molar-refractivity contribution in [1.29, 1.82) is 0 Å². The van der Waals surface area contributed by atoms with Crippen LogP contribution < -0.4 is 16.4 Å². The smallest absolute Gasteiger partial charge is 0.228 e. The molecule has 0 fully saturated rings. The molecule has 3 rings (SSSR count). The number of hydrogen-bond donors (Lipinski definition) is 3. The number of carbonyl (C=O) groups excluding carboxylic acids is 1. The van der Waals surface area contributed by atoms with Crippen molar-refractivity contribution in [2.75, 3.05) is 16.4 Å². The second-order valence-corrected chi connectivity index (χ2v) is 4.53. The van der Waals surface area contributed by atoms with Crippen LogP contribution in [0.2, 0.25) is 0 Å². The van der Waals surface area contributed by atoms with E-state index in [1.807, 2.05) is 24.3 Å². The third-order valence-electron chi connectivity index (χ3n) is 3.13. The Hall–Kier alpha value is -2.56. The van der Waals surface area contributed by atoms with Gasteiger partial charge in [0.05, 0.1) is 17.8 Å². The standard InChI is InChI=1S/C14H14N4O/c15-11-5-10-6-14(19)18-12(10)7-13(11)17-8-9-1-3-16-4-2-9/h1-5,7,17H,6,8,15H2,(H,18,19). The van der Waals surface area contributed by atoms with Crippen molar-refractivity contribution >= 4 is 23.0 Å². The molecule has 5 heteroatoms. The minimum Gasteiger partial charge on any atom is -0.397 e. The maximum absolute atomic E-state index is 11.3. The Bertz CT molecular complexity index is 625. The van der Waals surface area contributed by atoms with Crippen molar-refractivity contribution in [3.05, 3.63) is 47.8 Å². The number of nitrogens with one attached hydrogen (secondary N) is 2. The van der Waals surface area contributed by atoms with E-state index in [0.29, 0.717) is 18.7 Å². The maximum atomic E-state index is 11.3. The first-order chi connectivity index (χ1) is 9.22. The molecule has 1 aliphatic heterocycles. The minimum atomic E-state index is 0.0145. The van der Waals surface area contributed by atoms with Gasteiger partial charge in [-0.1, -0.05) is 0 Å². The number of nitrogens with two attached hydrogens (primary N) is 1. The van der Waals surface area contributed by atoms with Crippen LogP contribution in [0.4, 0.5) is 17.1 Å². The lowest BCUT2D eigenvalue weighted by Gasteiger charge is -2.11. The lowest BCUT2D eigenvalue weighted by molar-refractivity contribution is -0.115. The number of nitrogen functional groups attached to an aromatic ring is 1. The van der Waals surface area contributed by atoms with Crippen molar-refractivity contribution in [3.63, 3.8) is 0 Å². The predicted molar refractivity (Wildman–Crippen MR) is 74.8 cm³/mol. The third kappa shape index (κ3) is 2.35. The van der Waals surface area contributed by atoms with Crippen LogP contribution in [0, 0.1) is 0 Å². The van der Waals surface area contributed by atoms with E-state index in [1.165, 1.54) is 0 Å². The second kappa shape index (κ2) is 4.61. The molecule has 2 heterocycles. The third-order valence-corrected chi connectivity index (χ3v) is 3.13. The molecule has 0 bridgehead atoms. The zero-order valence-electron chi connectivity index (χ0n) is 10.3. The monoisotopic (exact) mass is 254 g/mol. The number of carbonyl (C=O) groups is 1. The highest BCUT2D eigenvalue weighted by atomic mass is 16.1. The van der Waals surface area contributed by atoms with Gasteiger partial charge >= 0.3 is 0 Å². The van der Waals surface area contributed by atoms with Gasteiger partial charge in [-0.3, -0.25) is 9.78 Å². The van der Waals surface area contributed by atoms with Crippen LogP contribution in [0.1, 0.15) is 11.1 Å². The van der Waals surface area contributed by atoms with Gasteiger partial charge in [0.2, 0.25) is 5.91 Å². The van der Waals surface area contributed by atoms with Gasteiger partial charge in [0, 0.05) is 24.6 Å². The van der Waals surface area contributed by atoms with Gasteiger partial charge in [-0.05, 0) is 35.4 Å². The van der Waals surface area contributed by atoms with Gasteiger partial charge in [0.15, 0.2) is 0 Å². The van der Waals surface area contributed by atoms with E-state index >= 15 is 0 Å². The Morgan fingerprint density at radius 1 is 1.32 bits per heavy atom. The number of anilines is 3. The molecule has 0 unspecified atom stereocenters. The summed E-state index contributed by atoms with van der Waals surface area (Å²) in [7, 11) is 0. The van der Waals surface area contributed by atoms with Gasteiger partial charge in [-0.25, -0.2) is 0 Å². The number of aromatic nitrogens is 1. The Morgan fingerprint density at radius 2 is 2.11 bits per heavy atom. The van der Waals surface area contributed by atoms with Crippen molar-refractivity contribution in [2.24, 2.45) is 0 Å². The van der Waals surface area contributed by atoms with E-state index in [2.05, 4.69) is 15.6 Å². The van der Waals surface area contributed by atoms with Crippen molar-refractivity contribution in [3.8, 4) is 0 Å². The molecule has 0 spiro atoms. The number of pyridine rings is 1. The molecular formula is C14H14N4O. The molecule has 4 N–H and O–H groups in total. The maximum Gasteiger partial charge on any atom is 0.228 e. The average molecular weight is 254 g/mol. The summed E-state index contributed by atoms with van der Waals surface area (Å²) in [5.74, 6) is 0.0145. The normalized spacial score (nSPS) is 12.9. The van der Waals surface area contributed by atoms with E-state index in [9.17, 15) is 4.79 Å². The molecule has 96 valence electrons. The van der Waals surface area contributed by atoms with Crippen LogP contribution in [0.5, 0.6) is 0 Å². The highest BCUT2D eigenvalue weighted by Gasteiger charge is 2.19. The van der Waals surface area contributed by atoms with Crippen molar-refractivity contribution in [1.82, 2.24) is 4.98 Å². The Balaban J connectivity index is 1.79. The SMILES string of the molecule is Nc1cc2c(cc1NCc1ccncc1)NC(=O)C2. The van der Waals surface area contributed by atoms with E-state index < -0.39 is 0 Å². The second-order valence-electron chi connectivity index (χ2n) is 4.53. The molecule has 0 atom stereocenters. The van der Waals surface area contributed by atoms with Gasteiger partial charge in [-0.2, -0.15) is 0 Å². The minimum absolute atomic E-state index is 0.0145. The summed E-state index contributed by atoms with van der Waals surface area (Å²) in [6.07, 6.45) is 3.91. The van der Waals surface area contributed by atoms with Crippen LogP contribution in [0.3, 0.4) is 0 Å². The summed E-state index contributed by atoms with van der Waals surface area (Å²) in [6, 6.07) is 7.62. The summed E-state index contributed by atoms with van der Waals surface area (Å²) in [4.78, 5) is 15.3. The quantitative estimate of drug-likeness (QED) is 0.729. The number of amides is 1. The molecule has 1 aromatic heterocycles. The lowest BCUT2D eigenvalue weighted by atomic mass is 10.1. The summed E-state index contributed by atoms with van der Waals surface area (Å²) in [6.45, 7) is 0.666. The summed E-state index contributed by atoms with van der Waals surface area (Å²) in [5, 5.41) is 6.09. The lowest BCUT2D eigenvalue weighted by Crippen LogP contribution is -2.04. The fourth-order valence-corrected chi connectivity index (χ4v) is 2.14. The highest BCUT2D eigenvalue weighted by molar-refractivity contribution is 6.00.